The molecule has 0 heterocycles. The van der Waals surface area contributed by atoms with Crippen LogP contribution in [0.2, 0.25) is 10.0 Å². The van der Waals surface area contributed by atoms with E-state index in [0.29, 0.717) is 17.1 Å². The van der Waals surface area contributed by atoms with Gasteiger partial charge in [-0.25, -0.2) is 4.39 Å². The Balaban J connectivity index is 2.31. The molecule has 0 spiro atoms. The maximum absolute atomic E-state index is 13.6. The fraction of sp³-hybridized carbons (Fsp3) is 0. The zero-order chi connectivity index (χ0) is 13.1. The molecule has 92 valence electrons. The van der Waals surface area contributed by atoms with Gasteiger partial charge in [-0.1, -0.05) is 23.2 Å². The zero-order valence-electron chi connectivity index (χ0n) is 8.99. The summed E-state index contributed by atoms with van der Waals surface area (Å²) in [5.41, 5.74) is 0.238. The summed E-state index contributed by atoms with van der Waals surface area (Å²) in [6.45, 7) is 0. The lowest BCUT2D eigenvalue weighted by Gasteiger charge is -2.08. The minimum Gasteiger partial charge on any atom is -0.453 e. The fourth-order valence-electron chi connectivity index (χ4n) is 1.35. The number of hydrogen-bond acceptors (Lipinski definition) is 2. The largest absolute Gasteiger partial charge is 0.453 e. The number of halogens is 3. The van der Waals surface area contributed by atoms with Crippen LogP contribution in [0.25, 0.3) is 0 Å². The average molecular weight is 285 g/mol. The topological polar surface area (TPSA) is 26.3 Å². The van der Waals surface area contributed by atoms with E-state index in [1.807, 2.05) is 0 Å². The molecule has 0 saturated heterocycles. The van der Waals surface area contributed by atoms with Gasteiger partial charge in [0.05, 0.1) is 5.02 Å². The number of benzene rings is 2. The summed E-state index contributed by atoms with van der Waals surface area (Å²) in [7, 11) is 0. The maximum Gasteiger partial charge on any atom is 0.166 e. The predicted molar refractivity (Wildman–Crippen MR) is 68.3 cm³/mol. The van der Waals surface area contributed by atoms with E-state index in [1.54, 1.807) is 6.07 Å². The van der Waals surface area contributed by atoms with Gasteiger partial charge in [-0.05, 0) is 36.4 Å². The van der Waals surface area contributed by atoms with Crippen LogP contribution in [0.1, 0.15) is 10.4 Å². The van der Waals surface area contributed by atoms with Gasteiger partial charge >= 0.3 is 0 Å². The minimum atomic E-state index is -0.634. The molecule has 0 radical (unpaired) electrons. The van der Waals surface area contributed by atoms with Crippen LogP contribution >= 0.6 is 23.2 Å². The molecular formula is C13H7Cl2FO2. The number of aldehydes is 1. The Morgan fingerprint density at radius 3 is 2.39 bits per heavy atom. The van der Waals surface area contributed by atoms with Gasteiger partial charge < -0.3 is 4.74 Å². The third kappa shape index (κ3) is 2.81. The van der Waals surface area contributed by atoms with E-state index in [4.69, 9.17) is 27.9 Å². The molecule has 0 saturated carbocycles. The first kappa shape index (κ1) is 12.9. The number of ether oxygens (including phenoxy) is 1. The second kappa shape index (κ2) is 5.38. The monoisotopic (exact) mass is 284 g/mol. The molecular weight excluding hydrogens is 278 g/mol. The number of rotatable bonds is 3. The average Bonchev–Trinajstić information content (AvgIpc) is 2.34. The summed E-state index contributed by atoms with van der Waals surface area (Å²) in [5, 5.41) is 0.741. The van der Waals surface area contributed by atoms with Crippen LogP contribution < -0.4 is 4.74 Å². The molecule has 2 aromatic carbocycles. The third-order valence-corrected chi connectivity index (χ3v) is 2.74. The highest BCUT2D eigenvalue weighted by molar-refractivity contribution is 6.35. The maximum atomic E-state index is 13.6. The van der Waals surface area contributed by atoms with Crippen molar-refractivity contribution in [3.05, 3.63) is 57.8 Å². The summed E-state index contributed by atoms with van der Waals surface area (Å²) < 4.78 is 18.9. The number of carbonyl (C=O) groups excluding carboxylic acids is 1. The molecule has 2 aromatic rings. The Labute approximate surface area is 113 Å². The Morgan fingerprint density at radius 2 is 1.78 bits per heavy atom. The van der Waals surface area contributed by atoms with E-state index in [1.165, 1.54) is 24.3 Å². The molecule has 18 heavy (non-hydrogen) atoms. The lowest BCUT2D eigenvalue weighted by Crippen LogP contribution is -1.91. The van der Waals surface area contributed by atoms with Crippen molar-refractivity contribution in [3.8, 4) is 11.5 Å². The summed E-state index contributed by atoms with van der Waals surface area (Å²) in [5.74, 6) is -0.353. The predicted octanol–water partition coefficient (Wildman–Crippen LogP) is 4.74. The van der Waals surface area contributed by atoms with Crippen LogP contribution in [0.4, 0.5) is 4.39 Å². The van der Waals surface area contributed by atoms with Crippen LogP contribution in [-0.4, -0.2) is 6.29 Å². The van der Waals surface area contributed by atoms with Crippen LogP contribution in [0.5, 0.6) is 11.5 Å². The molecule has 5 heteroatoms. The number of hydrogen-bond donors (Lipinski definition) is 0. The molecule has 0 unspecified atom stereocenters. The van der Waals surface area contributed by atoms with E-state index in [0.717, 1.165) is 6.07 Å². The molecule has 2 rings (SSSR count). The van der Waals surface area contributed by atoms with Gasteiger partial charge in [0, 0.05) is 10.6 Å². The quantitative estimate of drug-likeness (QED) is 0.761. The molecule has 0 atom stereocenters. The lowest BCUT2D eigenvalue weighted by atomic mass is 10.2. The van der Waals surface area contributed by atoms with Crippen LogP contribution in [0, 0.1) is 5.82 Å². The van der Waals surface area contributed by atoms with E-state index < -0.39 is 5.82 Å². The van der Waals surface area contributed by atoms with Crippen molar-refractivity contribution >= 4 is 29.5 Å². The fourth-order valence-corrected chi connectivity index (χ4v) is 1.80. The van der Waals surface area contributed by atoms with Gasteiger partial charge in [0.2, 0.25) is 0 Å². The van der Waals surface area contributed by atoms with Gasteiger partial charge in [-0.15, -0.1) is 0 Å². The normalized spacial score (nSPS) is 10.2. The van der Waals surface area contributed by atoms with E-state index in [9.17, 15) is 9.18 Å². The second-order valence-corrected chi connectivity index (χ2v) is 4.33. The van der Waals surface area contributed by atoms with Crippen molar-refractivity contribution in [2.75, 3.05) is 0 Å². The van der Waals surface area contributed by atoms with Gasteiger partial charge in [0.1, 0.15) is 12.0 Å². The van der Waals surface area contributed by atoms with Crippen molar-refractivity contribution in [1.29, 1.82) is 0 Å². The van der Waals surface area contributed by atoms with E-state index >= 15 is 0 Å². The van der Waals surface area contributed by atoms with Crippen LogP contribution in [-0.2, 0) is 0 Å². The molecule has 2 nitrogen and oxygen atoms in total. The molecule has 0 aromatic heterocycles. The first-order valence-corrected chi connectivity index (χ1v) is 5.73. The summed E-state index contributed by atoms with van der Waals surface area (Å²) in [4.78, 5) is 10.5. The van der Waals surface area contributed by atoms with Crippen molar-refractivity contribution in [3.63, 3.8) is 0 Å². The highest BCUT2D eigenvalue weighted by Gasteiger charge is 2.08. The first-order chi connectivity index (χ1) is 8.60. The summed E-state index contributed by atoms with van der Waals surface area (Å²) >= 11 is 11.6. The molecule has 0 N–H and O–H groups in total. The summed E-state index contributed by atoms with van der Waals surface area (Å²) in [6, 6.07) is 8.53. The molecule has 0 aliphatic carbocycles. The third-order valence-electron chi connectivity index (χ3n) is 2.21. The summed E-state index contributed by atoms with van der Waals surface area (Å²) in [6.07, 6.45) is 0.558. The Kier molecular flexibility index (Phi) is 3.84. The Hall–Kier alpha value is -1.58. The molecule has 0 bridgehead atoms. The smallest absolute Gasteiger partial charge is 0.166 e. The van der Waals surface area contributed by atoms with Crippen LogP contribution in [0.3, 0.4) is 0 Å². The van der Waals surface area contributed by atoms with Crippen molar-refractivity contribution in [2.24, 2.45) is 0 Å². The second-order valence-electron chi connectivity index (χ2n) is 3.48. The highest BCUT2D eigenvalue weighted by Crippen LogP contribution is 2.32. The molecule has 0 fully saturated rings. The van der Waals surface area contributed by atoms with Crippen molar-refractivity contribution in [1.82, 2.24) is 0 Å². The lowest BCUT2D eigenvalue weighted by molar-refractivity contribution is 0.112. The van der Waals surface area contributed by atoms with Gasteiger partial charge in [0.25, 0.3) is 0 Å². The SMILES string of the molecule is O=Cc1ccc(Oc2ccc(Cl)cc2Cl)c(F)c1. The van der Waals surface area contributed by atoms with Gasteiger partial charge in [-0.3, -0.25) is 4.79 Å². The standard InChI is InChI=1S/C13H7Cl2FO2/c14-9-2-4-12(10(15)6-9)18-13-3-1-8(7-17)5-11(13)16/h1-7H. The molecule has 0 amide bonds. The van der Waals surface area contributed by atoms with E-state index in [-0.39, 0.29) is 16.3 Å². The highest BCUT2D eigenvalue weighted by atomic mass is 35.5. The van der Waals surface area contributed by atoms with Crippen molar-refractivity contribution < 1.29 is 13.9 Å². The zero-order valence-corrected chi connectivity index (χ0v) is 10.5. The molecule has 0 aliphatic rings. The Morgan fingerprint density at radius 1 is 1.06 bits per heavy atom. The molecule has 0 aliphatic heterocycles. The first-order valence-electron chi connectivity index (χ1n) is 4.98. The minimum absolute atomic E-state index is 0.00942. The van der Waals surface area contributed by atoms with Gasteiger partial charge in [0.15, 0.2) is 11.6 Å². The van der Waals surface area contributed by atoms with Gasteiger partial charge in [-0.2, -0.15) is 0 Å². The van der Waals surface area contributed by atoms with Crippen molar-refractivity contribution in [2.45, 2.75) is 0 Å². The number of carbonyl (C=O) groups is 1. The Bertz CT molecular complexity index is 600. The van der Waals surface area contributed by atoms with E-state index in [2.05, 4.69) is 0 Å². The van der Waals surface area contributed by atoms with Crippen LogP contribution in [0.15, 0.2) is 36.4 Å².